The molecule has 2 aromatic heterocycles. The van der Waals surface area contributed by atoms with Gasteiger partial charge in [0.05, 0.1) is 28.8 Å². The molecule has 1 aromatic carbocycles. The summed E-state index contributed by atoms with van der Waals surface area (Å²) in [4.78, 5) is 20.0. The van der Waals surface area contributed by atoms with E-state index in [1.165, 1.54) is 11.3 Å². The Hall–Kier alpha value is -3.11. The molecule has 7 heteroatoms. The number of imidazole rings is 1. The number of carbonyl (C=O) groups excluding carboxylic acids is 1. The number of fused-ring (bicyclic) bond motifs is 1. The lowest BCUT2D eigenvalue weighted by Crippen LogP contribution is -2.05. The molecular formula is C17H14N4O2S. The Balaban J connectivity index is 1.98. The number of thiophene rings is 1. The summed E-state index contributed by atoms with van der Waals surface area (Å²) < 4.78 is 4.96. The van der Waals surface area contributed by atoms with Crippen LogP contribution in [0.4, 0.5) is 5.00 Å². The number of para-hydroxylation sites is 2. The third kappa shape index (κ3) is 3.00. The van der Waals surface area contributed by atoms with Gasteiger partial charge in [-0.05, 0) is 31.2 Å². The van der Waals surface area contributed by atoms with E-state index in [9.17, 15) is 10.1 Å². The number of rotatable bonds is 4. The highest BCUT2D eigenvalue weighted by Gasteiger charge is 2.15. The SMILES string of the molecule is CCOC(=O)c1cc(C=C(C#N)c2nc3ccccc3[nH]2)sc1N. The summed E-state index contributed by atoms with van der Waals surface area (Å²) in [6, 6.07) is 11.3. The lowest BCUT2D eigenvalue weighted by Gasteiger charge is -1.98. The third-order valence-electron chi connectivity index (χ3n) is 3.33. The van der Waals surface area contributed by atoms with Crippen molar-refractivity contribution in [1.82, 2.24) is 9.97 Å². The minimum atomic E-state index is -0.465. The number of aromatic nitrogens is 2. The number of carbonyl (C=O) groups is 1. The summed E-state index contributed by atoms with van der Waals surface area (Å²) in [5.74, 6) is 0.0106. The van der Waals surface area contributed by atoms with Crippen LogP contribution in [0.1, 0.15) is 28.0 Å². The van der Waals surface area contributed by atoms with Gasteiger partial charge in [-0.25, -0.2) is 9.78 Å². The Kier molecular flexibility index (Phi) is 4.31. The van der Waals surface area contributed by atoms with Crippen LogP contribution in [0.2, 0.25) is 0 Å². The number of allylic oxidation sites excluding steroid dienone is 1. The van der Waals surface area contributed by atoms with Crippen LogP contribution < -0.4 is 5.73 Å². The summed E-state index contributed by atoms with van der Waals surface area (Å²) in [5, 5.41) is 9.80. The number of nitrogens with zero attached hydrogens (tertiary/aromatic N) is 2. The Morgan fingerprint density at radius 2 is 2.29 bits per heavy atom. The Labute approximate surface area is 142 Å². The molecule has 2 heterocycles. The molecule has 0 aliphatic carbocycles. The number of esters is 1. The van der Waals surface area contributed by atoms with Gasteiger partial charge < -0.3 is 15.5 Å². The number of hydrogen-bond donors (Lipinski definition) is 2. The van der Waals surface area contributed by atoms with Crippen molar-refractivity contribution < 1.29 is 9.53 Å². The second kappa shape index (κ2) is 6.56. The van der Waals surface area contributed by atoms with Crippen molar-refractivity contribution in [3.05, 3.63) is 46.6 Å². The quantitative estimate of drug-likeness (QED) is 0.560. The normalized spacial score (nSPS) is 11.4. The van der Waals surface area contributed by atoms with Crippen molar-refractivity contribution in [3.8, 4) is 6.07 Å². The van der Waals surface area contributed by atoms with Gasteiger partial charge >= 0.3 is 5.97 Å². The fraction of sp³-hybridized carbons (Fsp3) is 0.118. The van der Waals surface area contributed by atoms with Crippen molar-refractivity contribution in [2.75, 3.05) is 12.3 Å². The average molecular weight is 338 g/mol. The second-order valence-corrected chi connectivity index (χ2v) is 6.03. The standard InChI is InChI=1S/C17H14N4O2S/c1-2-23-17(22)12-8-11(24-15(12)19)7-10(9-18)16-20-13-5-3-4-6-14(13)21-16/h3-8H,2,19H2,1H3,(H,20,21). The fourth-order valence-corrected chi connectivity index (χ4v) is 3.10. The molecule has 0 atom stereocenters. The van der Waals surface area contributed by atoms with E-state index < -0.39 is 5.97 Å². The van der Waals surface area contributed by atoms with Crippen molar-refractivity contribution >= 4 is 45.0 Å². The zero-order valence-corrected chi connectivity index (χ0v) is 13.7. The Morgan fingerprint density at radius 1 is 1.50 bits per heavy atom. The van der Waals surface area contributed by atoms with Crippen LogP contribution in [0.5, 0.6) is 0 Å². The van der Waals surface area contributed by atoms with Gasteiger partial charge in [-0.1, -0.05) is 12.1 Å². The van der Waals surface area contributed by atoms with E-state index in [0.717, 1.165) is 11.0 Å². The minimum Gasteiger partial charge on any atom is -0.462 e. The van der Waals surface area contributed by atoms with Gasteiger partial charge in [0.2, 0.25) is 0 Å². The Morgan fingerprint density at radius 3 is 3.00 bits per heavy atom. The molecule has 3 aromatic rings. The zero-order valence-electron chi connectivity index (χ0n) is 12.9. The molecule has 0 aliphatic heterocycles. The molecule has 120 valence electrons. The number of nitrogen functional groups attached to an aromatic ring is 1. The van der Waals surface area contributed by atoms with Gasteiger partial charge in [-0.3, -0.25) is 0 Å². The van der Waals surface area contributed by atoms with Gasteiger partial charge in [0, 0.05) is 4.88 Å². The Bertz CT molecular complexity index is 945. The topological polar surface area (TPSA) is 105 Å². The summed E-state index contributed by atoms with van der Waals surface area (Å²) in [6.45, 7) is 2.01. The number of H-pyrrole nitrogens is 1. The fourth-order valence-electron chi connectivity index (χ4n) is 2.24. The van der Waals surface area contributed by atoms with Crippen molar-refractivity contribution in [2.24, 2.45) is 0 Å². The highest BCUT2D eigenvalue weighted by atomic mass is 32.1. The van der Waals surface area contributed by atoms with Gasteiger partial charge in [0.15, 0.2) is 0 Å². The number of nitrogens with one attached hydrogen (secondary N) is 1. The van der Waals surface area contributed by atoms with E-state index in [-0.39, 0.29) is 6.61 Å². The maximum atomic E-state index is 11.8. The van der Waals surface area contributed by atoms with Crippen molar-refractivity contribution in [3.63, 3.8) is 0 Å². The molecule has 0 saturated carbocycles. The molecule has 3 N–H and O–H groups in total. The van der Waals surface area contributed by atoms with Gasteiger partial charge in [-0.15, -0.1) is 11.3 Å². The van der Waals surface area contributed by atoms with Crippen molar-refractivity contribution in [1.29, 1.82) is 5.26 Å². The van der Waals surface area contributed by atoms with E-state index in [1.54, 1.807) is 19.1 Å². The summed E-state index contributed by atoms with van der Waals surface area (Å²) >= 11 is 1.22. The van der Waals surface area contributed by atoms with E-state index >= 15 is 0 Å². The summed E-state index contributed by atoms with van der Waals surface area (Å²) in [6.07, 6.45) is 1.65. The van der Waals surface area contributed by atoms with E-state index in [0.29, 0.717) is 26.8 Å². The molecular weight excluding hydrogens is 324 g/mol. The number of anilines is 1. The largest absolute Gasteiger partial charge is 0.462 e. The predicted molar refractivity (Wildman–Crippen MR) is 94.3 cm³/mol. The first-order chi connectivity index (χ1) is 11.6. The van der Waals surface area contributed by atoms with Crippen LogP contribution >= 0.6 is 11.3 Å². The van der Waals surface area contributed by atoms with Gasteiger partial charge in [0.1, 0.15) is 16.9 Å². The maximum absolute atomic E-state index is 11.8. The highest BCUT2D eigenvalue weighted by Crippen LogP contribution is 2.29. The lowest BCUT2D eigenvalue weighted by atomic mass is 10.2. The van der Waals surface area contributed by atoms with E-state index in [2.05, 4.69) is 16.0 Å². The molecule has 0 bridgehead atoms. The lowest BCUT2D eigenvalue weighted by molar-refractivity contribution is 0.0528. The minimum absolute atomic E-state index is 0.279. The van der Waals surface area contributed by atoms with Crippen LogP contribution in [-0.2, 0) is 4.74 Å². The molecule has 0 spiro atoms. The molecule has 0 fully saturated rings. The number of nitrogens with two attached hydrogens (primary N) is 1. The number of hydrogen-bond acceptors (Lipinski definition) is 6. The van der Waals surface area contributed by atoms with Crippen molar-refractivity contribution in [2.45, 2.75) is 6.92 Å². The third-order valence-corrected chi connectivity index (χ3v) is 4.24. The zero-order chi connectivity index (χ0) is 17.1. The summed E-state index contributed by atoms with van der Waals surface area (Å²) in [5.41, 5.74) is 8.19. The molecule has 0 amide bonds. The molecule has 0 saturated heterocycles. The van der Waals surface area contributed by atoms with Crippen LogP contribution in [0.25, 0.3) is 22.7 Å². The van der Waals surface area contributed by atoms with Crippen LogP contribution in [0.15, 0.2) is 30.3 Å². The molecule has 24 heavy (non-hydrogen) atoms. The van der Waals surface area contributed by atoms with E-state index in [1.807, 2.05) is 24.3 Å². The smallest absolute Gasteiger partial charge is 0.341 e. The first kappa shape index (κ1) is 15.8. The molecule has 0 unspecified atom stereocenters. The molecule has 0 radical (unpaired) electrons. The van der Waals surface area contributed by atoms with Crippen LogP contribution in [0.3, 0.4) is 0 Å². The summed E-state index contributed by atoms with van der Waals surface area (Å²) in [7, 11) is 0. The second-order valence-electron chi connectivity index (χ2n) is 4.92. The first-order valence-electron chi connectivity index (χ1n) is 7.25. The van der Waals surface area contributed by atoms with Gasteiger partial charge in [0.25, 0.3) is 0 Å². The predicted octanol–water partition coefficient (Wildman–Crippen LogP) is 3.45. The number of ether oxygens (including phenoxy) is 1. The van der Waals surface area contributed by atoms with E-state index in [4.69, 9.17) is 10.5 Å². The monoisotopic (exact) mass is 338 g/mol. The first-order valence-corrected chi connectivity index (χ1v) is 8.07. The molecule has 3 rings (SSSR count). The molecule has 6 nitrogen and oxygen atoms in total. The van der Waals surface area contributed by atoms with Gasteiger partial charge in [-0.2, -0.15) is 5.26 Å². The average Bonchev–Trinajstić information content (AvgIpc) is 3.16. The highest BCUT2D eigenvalue weighted by molar-refractivity contribution is 7.17. The molecule has 0 aliphatic rings. The maximum Gasteiger partial charge on any atom is 0.341 e. The number of nitriles is 1. The van der Waals surface area contributed by atoms with Crippen LogP contribution in [0, 0.1) is 11.3 Å². The number of benzene rings is 1. The number of aromatic amines is 1. The van der Waals surface area contributed by atoms with Crippen LogP contribution in [-0.4, -0.2) is 22.5 Å².